The minimum Gasteiger partial charge on any atom is -0.497 e. The number of ether oxygens (including phenoxy) is 3. The number of fused-ring (bicyclic) bond motifs is 1. The summed E-state index contributed by atoms with van der Waals surface area (Å²) in [6, 6.07) is 4.06. The van der Waals surface area contributed by atoms with Gasteiger partial charge >= 0.3 is 0 Å². The third kappa shape index (κ3) is 3.91. The largest absolute Gasteiger partial charge is 0.497 e. The highest BCUT2D eigenvalue weighted by Gasteiger charge is 2.27. The second-order valence-corrected chi connectivity index (χ2v) is 6.23. The number of nitrogens with one attached hydrogen (secondary N) is 1. The first-order valence-electron chi connectivity index (χ1n) is 7.72. The molecule has 2 N–H and O–H groups in total. The topological polar surface area (TPSA) is 60.0 Å². The van der Waals surface area contributed by atoms with Gasteiger partial charge in [-0.25, -0.2) is 0 Å². The Kier molecular flexibility index (Phi) is 5.67. The number of aliphatic hydroxyl groups is 1. The summed E-state index contributed by atoms with van der Waals surface area (Å²) in [5.41, 5.74) is 2.00. The highest BCUT2D eigenvalue weighted by atomic mass is 16.5. The second-order valence-electron chi connectivity index (χ2n) is 6.23. The van der Waals surface area contributed by atoms with Gasteiger partial charge in [-0.3, -0.25) is 0 Å². The predicted molar refractivity (Wildman–Crippen MR) is 85.6 cm³/mol. The molecule has 5 heteroatoms. The van der Waals surface area contributed by atoms with Gasteiger partial charge in [-0.15, -0.1) is 0 Å². The maximum Gasteiger partial charge on any atom is 0.127 e. The first-order valence-corrected chi connectivity index (χ1v) is 7.72. The average Bonchev–Trinajstić information content (AvgIpc) is 2.85. The Morgan fingerprint density at radius 2 is 2.18 bits per heavy atom. The highest BCUT2D eigenvalue weighted by Crippen LogP contribution is 2.36. The van der Waals surface area contributed by atoms with Crippen LogP contribution in [-0.4, -0.2) is 44.2 Å². The zero-order valence-electron chi connectivity index (χ0n) is 13.9. The summed E-state index contributed by atoms with van der Waals surface area (Å²) in [4.78, 5) is 0. The monoisotopic (exact) mass is 309 g/mol. The van der Waals surface area contributed by atoms with Crippen LogP contribution in [0.1, 0.15) is 31.4 Å². The van der Waals surface area contributed by atoms with Gasteiger partial charge in [0.2, 0.25) is 0 Å². The highest BCUT2D eigenvalue weighted by molar-refractivity contribution is 5.49. The molecule has 0 amide bonds. The van der Waals surface area contributed by atoms with E-state index in [9.17, 15) is 5.11 Å². The summed E-state index contributed by atoms with van der Waals surface area (Å²) < 4.78 is 16.6. The van der Waals surface area contributed by atoms with E-state index in [0.29, 0.717) is 19.6 Å². The molecular weight excluding hydrogens is 282 g/mol. The smallest absolute Gasteiger partial charge is 0.127 e. The van der Waals surface area contributed by atoms with E-state index < -0.39 is 0 Å². The maximum atomic E-state index is 9.26. The van der Waals surface area contributed by atoms with Crippen LogP contribution in [0.5, 0.6) is 11.5 Å². The van der Waals surface area contributed by atoms with Crippen molar-refractivity contribution in [1.82, 2.24) is 5.32 Å². The molecule has 1 aromatic rings. The van der Waals surface area contributed by atoms with Gasteiger partial charge in [0.1, 0.15) is 17.6 Å². The van der Waals surface area contributed by atoms with Gasteiger partial charge in [-0.1, -0.05) is 0 Å². The van der Waals surface area contributed by atoms with Crippen LogP contribution in [0.3, 0.4) is 0 Å². The van der Waals surface area contributed by atoms with Crippen LogP contribution in [0, 0.1) is 0 Å². The van der Waals surface area contributed by atoms with E-state index in [-0.39, 0.29) is 18.2 Å². The fourth-order valence-corrected chi connectivity index (χ4v) is 2.91. The van der Waals surface area contributed by atoms with Crippen LogP contribution in [0.2, 0.25) is 0 Å². The molecule has 0 spiro atoms. The van der Waals surface area contributed by atoms with Gasteiger partial charge in [-0.05, 0) is 32.4 Å². The van der Waals surface area contributed by atoms with Gasteiger partial charge in [0.15, 0.2) is 0 Å². The Hall–Kier alpha value is -1.30. The number of hydrogen-bond donors (Lipinski definition) is 2. The molecule has 0 unspecified atom stereocenters. The van der Waals surface area contributed by atoms with Crippen LogP contribution >= 0.6 is 0 Å². The van der Waals surface area contributed by atoms with E-state index in [1.165, 1.54) is 5.56 Å². The van der Waals surface area contributed by atoms with Gasteiger partial charge in [0.25, 0.3) is 0 Å². The number of aliphatic hydroxyl groups excluding tert-OH is 1. The van der Waals surface area contributed by atoms with Crippen LogP contribution in [0.25, 0.3) is 0 Å². The number of rotatable bonds is 8. The Morgan fingerprint density at radius 1 is 1.41 bits per heavy atom. The Balaban J connectivity index is 2.17. The van der Waals surface area contributed by atoms with Gasteiger partial charge in [0.05, 0.1) is 13.7 Å². The van der Waals surface area contributed by atoms with E-state index >= 15 is 0 Å². The summed E-state index contributed by atoms with van der Waals surface area (Å²) >= 11 is 0. The van der Waals surface area contributed by atoms with Crippen LogP contribution in [0.4, 0.5) is 0 Å². The minimum atomic E-state index is -0.274. The second kappa shape index (κ2) is 7.31. The molecule has 2 atom stereocenters. The van der Waals surface area contributed by atoms with Gasteiger partial charge < -0.3 is 24.6 Å². The quantitative estimate of drug-likeness (QED) is 0.768. The number of benzene rings is 1. The van der Waals surface area contributed by atoms with Crippen LogP contribution < -0.4 is 14.8 Å². The van der Waals surface area contributed by atoms with Crippen molar-refractivity contribution in [2.75, 3.05) is 27.4 Å². The molecule has 0 saturated heterocycles. The zero-order valence-corrected chi connectivity index (χ0v) is 13.9. The molecule has 22 heavy (non-hydrogen) atoms. The van der Waals surface area contributed by atoms with Gasteiger partial charge in [-0.2, -0.15) is 0 Å². The molecule has 0 aliphatic carbocycles. The molecule has 0 saturated carbocycles. The molecule has 124 valence electrons. The molecule has 5 nitrogen and oxygen atoms in total. The van der Waals surface area contributed by atoms with Crippen molar-refractivity contribution in [2.24, 2.45) is 0 Å². The standard InChI is InChI=1S/C17H27NO4/c1-12-7-13-8-15(21-4)9-14(16(13)22-12)10-18-17(2,5-6-19)11-20-3/h8-9,12,18-19H,5-7,10-11H2,1-4H3/t12-,17-/m0/s1. The van der Waals surface area contributed by atoms with Crippen molar-refractivity contribution < 1.29 is 19.3 Å². The van der Waals surface area contributed by atoms with E-state index in [1.54, 1.807) is 14.2 Å². The lowest BCUT2D eigenvalue weighted by Crippen LogP contribution is -2.46. The summed E-state index contributed by atoms with van der Waals surface area (Å²) in [6.45, 7) is 5.43. The first kappa shape index (κ1) is 17.1. The van der Waals surface area contributed by atoms with Gasteiger partial charge in [0, 0.05) is 43.3 Å². The number of hydrogen-bond acceptors (Lipinski definition) is 5. The molecule has 0 radical (unpaired) electrons. The summed E-state index contributed by atoms with van der Waals surface area (Å²) in [5, 5.41) is 12.7. The average molecular weight is 309 g/mol. The molecule has 1 aliphatic heterocycles. The van der Waals surface area contributed by atoms with Crippen molar-refractivity contribution in [3.63, 3.8) is 0 Å². The molecular formula is C17H27NO4. The fraction of sp³-hybridized carbons (Fsp3) is 0.647. The lowest BCUT2D eigenvalue weighted by molar-refractivity contribution is 0.0967. The predicted octanol–water partition coefficient (Wildman–Crippen LogP) is 1.90. The van der Waals surface area contributed by atoms with Crippen molar-refractivity contribution in [1.29, 1.82) is 0 Å². The molecule has 1 aliphatic rings. The fourth-order valence-electron chi connectivity index (χ4n) is 2.91. The van der Waals surface area contributed by atoms with E-state index in [1.807, 2.05) is 12.1 Å². The summed E-state index contributed by atoms with van der Waals surface area (Å²) in [6.07, 6.45) is 1.74. The number of methoxy groups -OCH3 is 2. The van der Waals surface area contributed by atoms with Crippen LogP contribution in [-0.2, 0) is 17.7 Å². The molecule has 1 aromatic carbocycles. The van der Waals surface area contributed by atoms with Crippen molar-refractivity contribution >= 4 is 0 Å². The SMILES string of the molecule is COC[C@](C)(CCO)NCc1cc(OC)cc2c1O[C@@H](C)C2. The first-order chi connectivity index (χ1) is 10.5. The molecule has 0 bridgehead atoms. The Labute approximate surface area is 132 Å². The molecule has 2 rings (SSSR count). The molecule has 0 fully saturated rings. The van der Waals surface area contributed by atoms with E-state index in [0.717, 1.165) is 23.5 Å². The van der Waals surface area contributed by atoms with E-state index in [2.05, 4.69) is 19.2 Å². The van der Waals surface area contributed by atoms with Crippen molar-refractivity contribution in [3.8, 4) is 11.5 Å². The van der Waals surface area contributed by atoms with Crippen molar-refractivity contribution in [3.05, 3.63) is 23.3 Å². The Morgan fingerprint density at radius 3 is 2.82 bits per heavy atom. The maximum absolute atomic E-state index is 9.26. The lowest BCUT2D eigenvalue weighted by Gasteiger charge is -2.30. The zero-order chi connectivity index (χ0) is 16.2. The van der Waals surface area contributed by atoms with E-state index in [4.69, 9.17) is 14.2 Å². The lowest BCUT2D eigenvalue weighted by atomic mass is 9.98. The summed E-state index contributed by atoms with van der Waals surface area (Å²) in [5.74, 6) is 1.81. The third-order valence-electron chi connectivity index (χ3n) is 4.11. The van der Waals surface area contributed by atoms with Crippen LogP contribution in [0.15, 0.2) is 12.1 Å². The van der Waals surface area contributed by atoms with Crippen molar-refractivity contribution in [2.45, 2.75) is 44.9 Å². The molecule has 1 heterocycles. The Bertz CT molecular complexity index is 498. The summed E-state index contributed by atoms with van der Waals surface area (Å²) in [7, 11) is 3.35. The third-order valence-corrected chi connectivity index (χ3v) is 4.11. The normalized spacial score (nSPS) is 19.4. The molecule has 0 aromatic heterocycles. The minimum absolute atomic E-state index is 0.122.